The molecule has 0 heterocycles. The number of nitrogens with zero attached hydrogens (tertiary/aromatic N) is 1. The molecule has 4 aromatic rings. The first-order chi connectivity index (χ1) is 20.4. The van der Waals surface area contributed by atoms with Crippen LogP contribution in [0.1, 0.15) is 18.1 Å². The van der Waals surface area contributed by atoms with Crippen LogP contribution in [0.4, 0.5) is 17.1 Å². The number of benzene rings is 4. The van der Waals surface area contributed by atoms with E-state index in [-0.39, 0.29) is 15.5 Å². The number of carbonyl (C=O) groups excluding carboxylic acids is 1. The lowest BCUT2D eigenvalue weighted by molar-refractivity contribution is -0.114. The zero-order valence-electron chi connectivity index (χ0n) is 24.2. The summed E-state index contributed by atoms with van der Waals surface area (Å²) in [6.45, 7) is 5.52. The molecule has 0 aliphatic heterocycles. The summed E-state index contributed by atoms with van der Waals surface area (Å²) in [4.78, 5) is 14.1. The standard InChI is InChI=1S/C31H33N3O6S3/c1-5-40-26-11-9-25(10-12-26)34(43(38,39)29-17-13-27(41-4)14-18-29)21-31(35)32-24-7-15-28(16-8-24)42(36,37)33-30-19-6-22(2)20-23(30)3/h6-20,33H,5,21H2,1-4H3,(H,32,35). The monoisotopic (exact) mass is 639 g/mol. The average molecular weight is 640 g/mol. The van der Waals surface area contributed by atoms with E-state index in [2.05, 4.69) is 10.0 Å². The normalized spacial score (nSPS) is 11.5. The van der Waals surface area contributed by atoms with Crippen molar-refractivity contribution in [3.63, 3.8) is 0 Å². The molecule has 2 N–H and O–H groups in total. The molecule has 0 atom stereocenters. The Bertz CT molecular complexity index is 1790. The Hall–Kier alpha value is -4.00. The summed E-state index contributed by atoms with van der Waals surface area (Å²) in [5.41, 5.74) is 2.87. The zero-order chi connectivity index (χ0) is 31.2. The molecule has 0 radical (unpaired) electrons. The summed E-state index contributed by atoms with van der Waals surface area (Å²) in [6.07, 6.45) is 1.89. The highest BCUT2D eigenvalue weighted by Crippen LogP contribution is 2.28. The van der Waals surface area contributed by atoms with Crippen molar-refractivity contribution >= 4 is 54.8 Å². The van der Waals surface area contributed by atoms with E-state index in [1.807, 2.05) is 39.2 Å². The third-order valence-electron chi connectivity index (χ3n) is 6.44. The van der Waals surface area contributed by atoms with Crippen LogP contribution < -0.4 is 19.1 Å². The summed E-state index contributed by atoms with van der Waals surface area (Å²) in [6, 6.07) is 23.9. The van der Waals surface area contributed by atoms with Crippen LogP contribution >= 0.6 is 11.8 Å². The molecule has 0 aromatic heterocycles. The van der Waals surface area contributed by atoms with Crippen molar-refractivity contribution in [1.29, 1.82) is 0 Å². The van der Waals surface area contributed by atoms with Gasteiger partial charge in [0.25, 0.3) is 20.0 Å². The van der Waals surface area contributed by atoms with Crippen molar-refractivity contribution < 1.29 is 26.4 Å². The number of aryl methyl sites for hydroxylation is 2. The lowest BCUT2D eigenvalue weighted by Crippen LogP contribution is -2.38. The van der Waals surface area contributed by atoms with Crippen molar-refractivity contribution in [3.05, 3.63) is 102 Å². The molecule has 4 aromatic carbocycles. The minimum absolute atomic E-state index is 0.0118. The van der Waals surface area contributed by atoms with E-state index < -0.39 is 32.5 Å². The average Bonchev–Trinajstić information content (AvgIpc) is 2.98. The number of hydrogen-bond acceptors (Lipinski definition) is 7. The van der Waals surface area contributed by atoms with Crippen molar-refractivity contribution in [2.24, 2.45) is 0 Å². The van der Waals surface area contributed by atoms with E-state index in [1.54, 1.807) is 42.5 Å². The maximum atomic E-state index is 13.7. The second-order valence-electron chi connectivity index (χ2n) is 9.61. The van der Waals surface area contributed by atoms with E-state index in [9.17, 15) is 21.6 Å². The predicted octanol–water partition coefficient (Wildman–Crippen LogP) is 6.06. The summed E-state index contributed by atoms with van der Waals surface area (Å²) in [7, 11) is -7.99. The van der Waals surface area contributed by atoms with Crippen molar-refractivity contribution in [3.8, 4) is 5.75 Å². The van der Waals surface area contributed by atoms with Crippen LogP contribution in [-0.4, -0.2) is 42.2 Å². The summed E-state index contributed by atoms with van der Waals surface area (Å²) in [5, 5.41) is 2.67. The van der Waals surface area contributed by atoms with E-state index in [0.717, 1.165) is 20.3 Å². The Morgan fingerprint density at radius 1 is 0.837 bits per heavy atom. The van der Waals surface area contributed by atoms with Gasteiger partial charge in [-0.15, -0.1) is 11.8 Å². The van der Waals surface area contributed by atoms with Crippen molar-refractivity contribution in [1.82, 2.24) is 0 Å². The molecular weight excluding hydrogens is 607 g/mol. The quantitative estimate of drug-likeness (QED) is 0.181. The maximum Gasteiger partial charge on any atom is 0.264 e. The molecule has 4 rings (SSSR count). The first-order valence-electron chi connectivity index (χ1n) is 13.3. The van der Waals surface area contributed by atoms with Gasteiger partial charge < -0.3 is 10.1 Å². The van der Waals surface area contributed by atoms with Gasteiger partial charge in [0.2, 0.25) is 5.91 Å². The fourth-order valence-electron chi connectivity index (χ4n) is 4.25. The fraction of sp³-hybridized carbons (Fsp3) is 0.194. The smallest absolute Gasteiger partial charge is 0.264 e. The Labute approximate surface area is 257 Å². The summed E-state index contributed by atoms with van der Waals surface area (Å²) in [5.74, 6) is -0.0401. The van der Waals surface area contributed by atoms with Gasteiger partial charge in [0.15, 0.2) is 0 Å². The molecule has 226 valence electrons. The summed E-state index contributed by atoms with van der Waals surface area (Å²) >= 11 is 1.49. The largest absolute Gasteiger partial charge is 0.494 e. The second kappa shape index (κ2) is 13.5. The van der Waals surface area contributed by atoms with Gasteiger partial charge in [0, 0.05) is 10.6 Å². The number of thioether (sulfide) groups is 1. The van der Waals surface area contributed by atoms with E-state index in [1.165, 1.54) is 48.2 Å². The molecule has 0 bridgehead atoms. The van der Waals surface area contributed by atoms with Gasteiger partial charge in [-0.2, -0.15) is 0 Å². The predicted molar refractivity (Wildman–Crippen MR) is 172 cm³/mol. The van der Waals surface area contributed by atoms with Gasteiger partial charge in [-0.05, 0) is 111 Å². The summed E-state index contributed by atoms with van der Waals surface area (Å²) < 4.78 is 62.4. The Morgan fingerprint density at radius 2 is 1.47 bits per heavy atom. The number of nitrogens with one attached hydrogen (secondary N) is 2. The van der Waals surface area contributed by atoms with Crippen LogP contribution in [0.3, 0.4) is 0 Å². The van der Waals surface area contributed by atoms with E-state index in [0.29, 0.717) is 23.7 Å². The molecule has 0 aliphatic rings. The van der Waals surface area contributed by atoms with E-state index in [4.69, 9.17) is 4.74 Å². The third kappa shape index (κ3) is 7.89. The maximum absolute atomic E-state index is 13.7. The molecule has 0 unspecified atom stereocenters. The number of carbonyl (C=O) groups is 1. The Balaban J connectivity index is 1.54. The fourth-order valence-corrected chi connectivity index (χ4v) is 7.21. The molecule has 43 heavy (non-hydrogen) atoms. The zero-order valence-corrected chi connectivity index (χ0v) is 26.6. The van der Waals surface area contributed by atoms with Crippen molar-refractivity contribution in [2.45, 2.75) is 35.5 Å². The number of rotatable bonds is 12. The number of ether oxygens (including phenoxy) is 1. The number of anilines is 3. The minimum atomic E-state index is -4.12. The first-order valence-corrected chi connectivity index (χ1v) is 17.5. The molecule has 9 nitrogen and oxygen atoms in total. The topological polar surface area (TPSA) is 122 Å². The Morgan fingerprint density at radius 3 is 2.05 bits per heavy atom. The van der Waals surface area contributed by atoms with Crippen LogP contribution in [0.5, 0.6) is 5.75 Å². The van der Waals surface area contributed by atoms with Gasteiger partial charge in [-0.3, -0.25) is 13.8 Å². The third-order valence-corrected chi connectivity index (χ3v) is 10.4. The molecule has 0 spiro atoms. The van der Waals surface area contributed by atoms with Crippen LogP contribution in [-0.2, 0) is 24.8 Å². The molecule has 0 saturated heterocycles. The highest BCUT2D eigenvalue weighted by atomic mass is 32.2. The van der Waals surface area contributed by atoms with Crippen LogP contribution in [0.25, 0.3) is 0 Å². The number of amides is 1. The molecule has 12 heteroatoms. The van der Waals surface area contributed by atoms with Gasteiger partial charge in [0.1, 0.15) is 12.3 Å². The van der Waals surface area contributed by atoms with Crippen molar-refractivity contribution in [2.75, 3.05) is 33.8 Å². The lowest BCUT2D eigenvalue weighted by atomic mass is 10.1. The van der Waals surface area contributed by atoms with E-state index >= 15 is 0 Å². The van der Waals surface area contributed by atoms with Gasteiger partial charge in [-0.1, -0.05) is 17.7 Å². The van der Waals surface area contributed by atoms with Gasteiger partial charge >= 0.3 is 0 Å². The van der Waals surface area contributed by atoms with Crippen LogP contribution in [0.2, 0.25) is 0 Å². The molecule has 0 fully saturated rings. The number of hydrogen-bond donors (Lipinski definition) is 2. The lowest BCUT2D eigenvalue weighted by Gasteiger charge is -2.24. The first kappa shape index (κ1) is 31.9. The molecule has 0 saturated carbocycles. The van der Waals surface area contributed by atoms with Gasteiger partial charge in [0.05, 0.1) is 27.8 Å². The number of sulfonamides is 2. The highest BCUT2D eigenvalue weighted by molar-refractivity contribution is 7.98. The van der Waals surface area contributed by atoms with Crippen LogP contribution in [0, 0.1) is 13.8 Å². The molecule has 1 amide bonds. The minimum Gasteiger partial charge on any atom is -0.494 e. The second-order valence-corrected chi connectivity index (χ2v) is 14.0. The Kier molecular flexibility index (Phi) is 10.0. The molecular formula is C31H33N3O6S3. The van der Waals surface area contributed by atoms with Crippen LogP contribution in [0.15, 0.2) is 106 Å². The van der Waals surface area contributed by atoms with Gasteiger partial charge in [-0.25, -0.2) is 16.8 Å². The molecule has 0 aliphatic carbocycles. The SMILES string of the molecule is CCOc1ccc(N(CC(=O)Nc2ccc(S(=O)(=O)Nc3ccc(C)cc3C)cc2)S(=O)(=O)c2ccc(SC)cc2)cc1. The highest BCUT2D eigenvalue weighted by Gasteiger charge is 2.27.